The second-order valence-corrected chi connectivity index (χ2v) is 5.39. The van der Waals surface area contributed by atoms with Gasteiger partial charge in [0.05, 0.1) is 11.8 Å². The standard InChI is InChI=1S/C14H25NO4/c1-2-4-10(7-8-16)9-15-13(17)11-5-3-6-12(11)14(18)19/h10-12,16H,2-9H2,1H3,(H,15,17)(H,18,19)/t10?,11-,12+/m1/s1. The van der Waals surface area contributed by atoms with E-state index in [1.54, 1.807) is 0 Å². The van der Waals surface area contributed by atoms with E-state index in [4.69, 9.17) is 10.2 Å². The average Bonchev–Trinajstić information content (AvgIpc) is 2.85. The number of aliphatic hydroxyl groups excluding tert-OH is 1. The van der Waals surface area contributed by atoms with Gasteiger partial charge in [0.2, 0.25) is 5.91 Å². The highest BCUT2D eigenvalue weighted by molar-refractivity contribution is 5.85. The predicted octanol–water partition coefficient (Wildman–Crippen LogP) is 1.40. The van der Waals surface area contributed by atoms with Crippen LogP contribution < -0.4 is 5.32 Å². The molecular weight excluding hydrogens is 246 g/mol. The molecular formula is C14H25NO4. The zero-order chi connectivity index (χ0) is 14.3. The molecule has 0 aliphatic heterocycles. The minimum absolute atomic E-state index is 0.127. The van der Waals surface area contributed by atoms with Gasteiger partial charge in [0.1, 0.15) is 0 Å². The van der Waals surface area contributed by atoms with Crippen molar-refractivity contribution in [3.05, 3.63) is 0 Å². The minimum atomic E-state index is -0.863. The lowest BCUT2D eigenvalue weighted by molar-refractivity contribution is -0.146. The number of carbonyl (C=O) groups is 2. The van der Waals surface area contributed by atoms with Crippen LogP contribution in [0, 0.1) is 17.8 Å². The minimum Gasteiger partial charge on any atom is -0.481 e. The summed E-state index contributed by atoms with van der Waals surface area (Å²) in [5.41, 5.74) is 0. The topological polar surface area (TPSA) is 86.6 Å². The van der Waals surface area contributed by atoms with Gasteiger partial charge in [-0.2, -0.15) is 0 Å². The number of nitrogens with one attached hydrogen (secondary N) is 1. The highest BCUT2D eigenvalue weighted by atomic mass is 16.4. The monoisotopic (exact) mass is 271 g/mol. The summed E-state index contributed by atoms with van der Waals surface area (Å²) in [5, 5.41) is 20.9. The first-order chi connectivity index (χ1) is 9.10. The van der Waals surface area contributed by atoms with Crippen LogP contribution in [0.25, 0.3) is 0 Å². The molecule has 0 bridgehead atoms. The molecule has 1 fully saturated rings. The number of carboxylic acids is 1. The van der Waals surface area contributed by atoms with Gasteiger partial charge in [0.15, 0.2) is 0 Å². The van der Waals surface area contributed by atoms with E-state index < -0.39 is 11.9 Å². The number of hydrogen-bond acceptors (Lipinski definition) is 3. The van der Waals surface area contributed by atoms with Gasteiger partial charge in [-0.3, -0.25) is 9.59 Å². The third kappa shape index (κ3) is 4.82. The summed E-state index contributed by atoms with van der Waals surface area (Å²) in [7, 11) is 0. The molecule has 1 rings (SSSR count). The van der Waals surface area contributed by atoms with Crippen LogP contribution in [0.2, 0.25) is 0 Å². The van der Waals surface area contributed by atoms with Gasteiger partial charge in [-0.15, -0.1) is 0 Å². The molecule has 1 aliphatic rings. The Balaban J connectivity index is 2.43. The van der Waals surface area contributed by atoms with Crippen LogP contribution in [0.1, 0.15) is 45.4 Å². The number of aliphatic carboxylic acids is 1. The van der Waals surface area contributed by atoms with E-state index in [0.29, 0.717) is 25.8 Å². The quantitative estimate of drug-likeness (QED) is 0.623. The number of hydrogen-bond donors (Lipinski definition) is 3. The van der Waals surface area contributed by atoms with Crippen LogP contribution in [0.3, 0.4) is 0 Å². The summed E-state index contributed by atoms with van der Waals surface area (Å²) in [6, 6.07) is 0. The number of aliphatic hydroxyl groups is 1. The van der Waals surface area contributed by atoms with Gasteiger partial charge in [-0.1, -0.05) is 19.8 Å². The Bertz CT molecular complexity index is 300. The Morgan fingerprint density at radius 2 is 1.95 bits per heavy atom. The molecule has 0 heterocycles. The van der Waals surface area contributed by atoms with Gasteiger partial charge in [-0.05, 0) is 31.6 Å². The fraction of sp³-hybridized carbons (Fsp3) is 0.857. The Kier molecular flexibility index (Phi) is 6.84. The van der Waals surface area contributed by atoms with Gasteiger partial charge in [-0.25, -0.2) is 0 Å². The summed E-state index contributed by atoms with van der Waals surface area (Å²) in [4.78, 5) is 23.1. The van der Waals surface area contributed by atoms with Crippen molar-refractivity contribution in [3.8, 4) is 0 Å². The molecule has 1 amide bonds. The van der Waals surface area contributed by atoms with Crippen LogP contribution in [-0.4, -0.2) is 35.2 Å². The van der Waals surface area contributed by atoms with E-state index >= 15 is 0 Å². The Labute approximate surface area is 114 Å². The molecule has 3 atom stereocenters. The molecule has 3 N–H and O–H groups in total. The van der Waals surface area contributed by atoms with Crippen molar-refractivity contribution < 1.29 is 19.8 Å². The van der Waals surface area contributed by atoms with E-state index in [1.807, 2.05) is 0 Å². The molecule has 1 aliphatic carbocycles. The molecule has 5 heteroatoms. The summed E-state index contributed by atoms with van der Waals surface area (Å²) in [5.74, 6) is -1.62. The van der Waals surface area contributed by atoms with Crippen molar-refractivity contribution in [1.29, 1.82) is 0 Å². The molecule has 0 aromatic rings. The fourth-order valence-corrected chi connectivity index (χ4v) is 2.88. The molecule has 0 aromatic carbocycles. The maximum absolute atomic E-state index is 12.0. The summed E-state index contributed by atoms with van der Waals surface area (Å²) >= 11 is 0. The summed E-state index contributed by atoms with van der Waals surface area (Å²) in [6.45, 7) is 2.74. The van der Waals surface area contributed by atoms with Crippen LogP contribution in [0.5, 0.6) is 0 Å². The van der Waals surface area contributed by atoms with Gasteiger partial charge in [0.25, 0.3) is 0 Å². The van der Waals surface area contributed by atoms with Crippen molar-refractivity contribution in [1.82, 2.24) is 5.32 Å². The first kappa shape index (κ1) is 16.0. The molecule has 0 radical (unpaired) electrons. The summed E-state index contributed by atoms with van der Waals surface area (Å²) < 4.78 is 0. The van der Waals surface area contributed by atoms with E-state index in [1.165, 1.54) is 0 Å². The highest BCUT2D eigenvalue weighted by Crippen LogP contribution is 2.32. The SMILES string of the molecule is CCCC(CCO)CNC(=O)[C@@H]1CCC[C@@H]1C(=O)O. The van der Waals surface area contributed by atoms with Crippen LogP contribution in [0.4, 0.5) is 0 Å². The first-order valence-electron chi connectivity index (χ1n) is 7.21. The van der Waals surface area contributed by atoms with E-state index in [2.05, 4.69) is 12.2 Å². The third-order valence-electron chi connectivity index (χ3n) is 3.97. The summed E-state index contributed by atoms with van der Waals surface area (Å²) in [6.07, 6.45) is 4.74. The zero-order valence-electron chi connectivity index (χ0n) is 11.6. The van der Waals surface area contributed by atoms with Crippen LogP contribution in [0.15, 0.2) is 0 Å². The molecule has 19 heavy (non-hydrogen) atoms. The Morgan fingerprint density at radius 3 is 2.53 bits per heavy atom. The van der Waals surface area contributed by atoms with E-state index in [-0.39, 0.29) is 24.3 Å². The lowest BCUT2D eigenvalue weighted by Crippen LogP contribution is -2.37. The van der Waals surface area contributed by atoms with Crippen LogP contribution in [-0.2, 0) is 9.59 Å². The van der Waals surface area contributed by atoms with Crippen molar-refractivity contribution >= 4 is 11.9 Å². The Morgan fingerprint density at radius 1 is 1.26 bits per heavy atom. The first-order valence-corrected chi connectivity index (χ1v) is 7.21. The zero-order valence-corrected chi connectivity index (χ0v) is 11.6. The van der Waals surface area contributed by atoms with Crippen molar-refractivity contribution in [3.63, 3.8) is 0 Å². The second kappa shape index (κ2) is 8.15. The van der Waals surface area contributed by atoms with Gasteiger partial charge < -0.3 is 15.5 Å². The predicted molar refractivity (Wildman–Crippen MR) is 71.6 cm³/mol. The lowest BCUT2D eigenvalue weighted by atomic mass is 9.94. The van der Waals surface area contributed by atoms with Gasteiger partial charge >= 0.3 is 5.97 Å². The third-order valence-corrected chi connectivity index (χ3v) is 3.97. The van der Waals surface area contributed by atoms with Crippen molar-refractivity contribution in [2.45, 2.75) is 45.4 Å². The average molecular weight is 271 g/mol. The highest BCUT2D eigenvalue weighted by Gasteiger charge is 2.37. The number of amides is 1. The lowest BCUT2D eigenvalue weighted by Gasteiger charge is -2.19. The maximum atomic E-state index is 12.0. The Hall–Kier alpha value is -1.10. The number of carboxylic acid groups (broad SMARTS) is 1. The van der Waals surface area contributed by atoms with Crippen molar-refractivity contribution in [2.24, 2.45) is 17.8 Å². The molecule has 1 saturated carbocycles. The molecule has 0 spiro atoms. The van der Waals surface area contributed by atoms with Crippen molar-refractivity contribution in [2.75, 3.05) is 13.2 Å². The maximum Gasteiger partial charge on any atom is 0.307 e. The molecule has 1 unspecified atom stereocenters. The second-order valence-electron chi connectivity index (χ2n) is 5.39. The molecule has 5 nitrogen and oxygen atoms in total. The molecule has 0 aromatic heterocycles. The number of carbonyl (C=O) groups excluding carboxylic acids is 1. The van der Waals surface area contributed by atoms with E-state index in [0.717, 1.165) is 19.3 Å². The number of rotatable bonds is 8. The van der Waals surface area contributed by atoms with Crippen LogP contribution >= 0.6 is 0 Å². The molecule has 0 saturated heterocycles. The molecule has 110 valence electrons. The van der Waals surface area contributed by atoms with E-state index in [9.17, 15) is 9.59 Å². The normalized spacial score (nSPS) is 24.1. The fourth-order valence-electron chi connectivity index (χ4n) is 2.88. The smallest absolute Gasteiger partial charge is 0.307 e. The van der Waals surface area contributed by atoms with Gasteiger partial charge in [0, 0.05) is 13.2 Å². The largest absolute Gasteiger partial charge is 0.481 e.